The van der Waals surface area contributed by atoms with Gasteiger partial charge < -0.3 is 5.11 Å². The fourth-order valence-electron chi connectivity index (χ4n) is 3.37. The van der Waals surface area contributed by atoms with Crippen LogP contribution in [0.3, 0.4) is 0 Å². The third kappa shape index (κ3) is 2.57. The molecule has 3 aromatic rings. The number of hydrogen-bond donors (Lipinski definition) is 1. The third-order valence-electron chi connectivity index (χ3n) is 4.69. The Labute approximate surface area is 159 Å². The van der Waals surface area contributed by atoms with Crippen molar-refractivity contribution in [2.24, 2.45) is 0 Å². The van der Waals surface area contributed by atoms with Crippen molar-refractivity contribution in [2.45, 2.75) is 13.0 Å². The molecule has 0 radical (unpaired) electrons. The Hall–Kier alpha value is -3.25. The number of para-hydroxylation sites is 1. The summed E-state index contributed by atoms with van der Waals surface area (Å²) < 4.78 is 0. The molecule has 0 aliphatic carbocycles. The van der Waals surface area contributed by atoms with Crippen LogP contribution < -0.4 is 0 Å². The van der Waals surface area contributed by atoms with Crippen LogP contribution >= 0.6 is 11.6 Å². The molecule has 1 atom stereocenters. The first kappa shape index (κ1) is 17.2. The molecule has 0 saturated carbocycles. The third-order valence-corrected chi connectivity index (χ3v) is 5.00. The van der Waals surface area contributed by atoms with Crippen LogP contribution in [0.15, 0.2) is 48.5 Å². The minimum absolute atomic E-state index is 0.236. The number of nitrogens with zero attached hydrogens (tertiary/aromatic N) is 2. The van der Waals surface area contributed by atoms with Crippen LogP contribution in [-0.4, -0.2) is 32.8 Å². The molecular weight excluding hydrogens is 368 g/mol. The van der Waals surface area contributed by atoms with Crippen molar-refractivity contribution in [1.82, 2.24) is 9.88 Å². The van der Waals surface area contributed by atoms with Crippen LogP contribution in [0.1, 0.15) is 49.7 Å². The summed E-state index contributed by atoms with van der Waals surface area (Å²) in [4.78, 5) is 42.5. The van der Waals surface area contributed by atoms with E-state index in [1.807, 2.05) is 0 Å². The van der Waals surface area contributed by atoms with Gasteiger partial charge >= 0.3 is 5.97 Å². The van der Waals surface area contributed by atoms with Gasteiger partial charge in [0.15, 0.2) is 5.69 Å². The minimum Gasteiger partial charge on any atom is -0.477 e. The van der Waals surface area contributed by atoms with E-state index >= 15 is 0 Å². The number of imide groups is 1. The quantitative estimate of drug-likeness (QED) is 0.695. The van der Waals surface area contributed by atoms with E-state index in [1.165, 1.54) is 0 Å². The van der Waals surface area contributed by atoms with Gasteiger partial charge in [0.25, 0.3) is 11.8 Å². The van der Waals surface area contributed by atoms with Crippen LogP contribution in [0.5, 0.6) is 0 Å². The maximum absolute atomic E-state index is 12.7. The van der Waals surface area contributed by atoms with Crippen molar-refractivity contribution in [2.75, 3.05) is 0 Å². The lowest BCUT2D eigenvalue weighted by molar-refractivity contribution is 0.0582. The average molecular weight is 381 g/mol. The monoisotopic (exact) mass is 380 g/mol. The first-order valence-corrected chi connectivity index (χ1v) is 8.57. The molecule has 0 bridgehead atoms. The first-order chi connectivity index (χ1) is 12.9. The van der Waals surface area contributed by atoms with Crippen molar-refractivity contribution in [3.8, 4) is 0 Å². The maximum atomic E-state index is 12.7. The Balaban J connectivity index is 1.87. The summed E-state index contributed by atoms with van der Waals surface area (Å²) in [6, 6.07) is 12.4. The maximum Gasteiger partial charge on any atom is 0.354 e. The number of pyridine rings is 1. The van der Waals surface area contributed by atoms with Crippen LogP contribution in [0.2, 0.25) is 5.02 Å². The molecular formula is C20H13ClN2O4. The second-order valence-electron chi connectivity index (χ2n) is 6.24. The molecule has 2 heterocycles. The summed E-state index contributed by atoms with van der Waals surface area (Å²) in [6.07, 6.45) is 0. The summed E-state index contributed by atoms with van der Waals surface area (Å²) in [5.41, 5.74) is 1.01. The molecule has 7 heteroatoms. The molecule has 1 N–H and O–H groups in total. The standard InChI is InChI=1S/C20H13ClN2O4/c1-10(23-18(24)12-6-2-3-7-13(12)19(23)25)14-9-11-5-4-8-15(21)16(11)22-17(14)20(26)27/h2-10H,1H3,(H,26,27). The molecule has 2 aromatic carbocycles. The number of carboxylic acids is 1. The highest BCUT2D eigenvalue weighted by molar-refractivity contribution is 6.35. The van der Waals surface area contributed by atoms with Crippen molar-refractivity contribution in [3.05, 3.63) is 75.9 Å². The molecule has 1 unspecified atom stereocenters. The first-order valence-electron chi connectivity index (χ1n) is 8.19. The molecule has 1 aliphatic heterocycles. The molecule has 134 valence electrons. The fraction of sp³-hybridized carbons (Fsp3) is 0.100. The Morgan fingerprint density at radius 1 is 1.07 bits per heavy atom. The number of halogens is 1. The van der Waals surface area contributed by atoms with Crippen LogP contribution in [-0.2, 0) is 0 Å². The van der Waals surface area contributed by atoms with E-state index < -0.39 is 23.8 Å². The van der Waals surface area contributed by atoms with Gasteiger partial charge in [-0.05, 0) is 31.2 Å². The van der Waals surface area contributed by atoms with Gasteiger partial charge in [0.1, 0.15) is 0 Å². The number of hydrogen-bond acceptors (Lipinski definition) is 4. The lowest BCUT2D eigenvalue weighted by Crippen LogP contribution is -2.33. The van der Waals surface area contributed by atoms with Gasteiger partial charge in [-0.15, -0.1) is 0 Å². The number of fused-ring (bicyclic) bond motifs is 2. The number of rotatable bonds is 3. The molecule has 0 saturated heterocycles. The van der Waals surface area contributed by atoms with Crippen molar-refractivity contribution in [3.63, 3.8) is 0 Å². The van der Waals surface area contributed by atoms with E-state index in [-0.39, 0.29) is 11.3 Å². The van der Waals surface area contributed by atoms with Crippen LogP contribution in [0, 0.1) is 0 Å². The van der Waals surface area contributed by atoms with Gasteiger partial charge in [-0.3, -0.25) is 14.5 Å². The summed E-state index contributed by atoms with van der Waals surface area (Å²) in [5, 5.41) is 10.6. The number of carbonyl (C=O) groups excluding carboxylic acids is 2. The highest BCUT2D eigenvalue weighted by Gasteiger charge is 2.40. The van der Waals surface area contributed by atoms with Gasteiger partial charge in [-0.1, -0.05) is 35.9 Å². The average Bonchev–Trinajstić information content (AvgIpc) is 2.91. The minimum atomic E-state index is -1.25. The predicted molar refractivity (Wildman–Crippen MR) is 99.1 cm³/mol. The van der Waals surface area contributed by atoms with Crippen molar-refractivity contribution in [1.29, 1.82) is 0 Å². The summed E-state index contributed by atoms with van der Waals surface area (Å²) in [6.45, 7) is 1.61. The molecule has 6 nitrogen and oxygen atoms in total. The largest absolute Gasteiger partial charge is 0.477 e. The Kier molecular flexibility index (Phi) is 3.93. The highest BCUT2D eigenvalue weighted by Crippen LogP contribution is 2.34. The van der Waals surface area contributed by atoms with Crippen molar-refractivity contribution >= 4 is 40.3 Å². The summed E-state index contributed by atoms with van der Waals surface area (Å²) >= 11 is 6.13. The van der Waals surface area contributed by atoms with E-state index in [0.29, 0.717) is 27.1 Å². The Morgan fingerprint density at radius 2 is 1.70 bits per heavy atom. The Bertz CT molecular complexity index is 1110. The van der Waals surface area contributed by atoms with E-state index in [0.717, 1.165) is 4.90 Å². The number of aromatic carboxylic acids is 1. The SMILES string of the molecule is CC(c1cc2cccc(Cl)c2nc1C(=O)O)N1C(=O)c2ccccc2C1=O. The number of amides is 2. The van der Waals surface area contributed by atoms with Gasteiger partial charge in [0.05, 0.1) is 27.7 Å². The molecule has 27 heavy (non-hydrogen) atoms. The fourth-order valence-corrected chi connectivity index (χ4v) is 3.59. The van der Waals surface area contributed by atoms with Crippen LogP contribution in [0.25, 0.3) is 10.9 Å². The number of carboxylic acid groups (broad SMARTS) is 1. The second kappa shape index (κ2) is 6.17. The van der Waals surface area contributed by atoms with E-state index in [1.54, 1.807) is 55.5 Å². The molecule has 2 amide bonds. The smallest absolute Gasteiger partial charge is 0.354 e. The summed E-state index contributed by atoms with van der Waals surface area (Å²) in [5.74, 6) is -2.16. The lowest BCUT2D eigenvalue weighted by atomic mass is 10.0. The Morgan fingerprint density at radius 3 is 2.30 bits per heavy atom. The van der Waals surface area contributed by atoms with Gasteiger partial charge in [-0.25, -0.2) is 9.78 Å². The van der Waals surface area contributed by atoms with Gasteiger partial charge in [0, 0.05) is 10.9 Å². The molecule has 4 rings (SSSR count). The topological polar surface area (TPSA) is 87.6 Å². The second-order valence-corrected chi connectivity index (χ2v) is 6.65. The molecule has 0 fully saturated rings. The van der Waals surface area contributed by atoms with Gasteiger partial charge in [-0.2, -0.15) is 0 Å². The van der Waals surface area contributed by atoms with Gasteiger partial charge in [0.2, 0.25) is 0 Å². The number of carbonyl (C=O) groups is 3. The predicted octanol–water partition coefficient (Wildman–Crippen LogP) is 3.94. The van der Waals surface area contributed by atoms with E-state index in [4.69, 9.17) is 11.6 Å². The molecule has 1 aliphatic rings. The number of benzene rings is 2. The lowest BCUT2D eigenvalue weighted by Gasteiger charge is -2.24. The molecule has 0 spiro atoms. The highest BCUT2D eigenvalue weighted by atomic mass is 35.5. The van der Waals surface area contributed by atoms with E-state index in [9.17, 15) is 19.5 Å². The summed E-state index contributed by atoms with van der Waals surface area (Å²) in [7, 11) is 0. The van der Waals surface area contributed by atoms with Crippen LogP contribution in [0.4, 0.5) is 0 Å². The zero-order valence-corrected chi connectivity index (χ0v) is 14.9. The number of aromatic nitrogens is 1. The van der Waals surface area contributed by atoms with Crippen molar-refractivity contribution < 1.29 is 19.5 Å². The zero-order chi connectivity index (χ0) is 19.3. The molecule has 1 aromatic heterocycles. The zero-order valence-electron chi connectivity index (χ0n) is 14.1. The van der Waals surface area contributed by atoms with E-state index in [2.05, 4.69) is 4.98 Å². The normalized spacial score (nSPS) is 14.5.